The van der Waals surface area contributed by atoms with Gasteiger partial charge in [-0.25, -0.2) is 0 Å². The van der Waals surface area contributed by atoms with E-state index in [9.17, 15) is 9.59 Å². The van der Waals surface area contributed by atoms with E-state index in [0.717, 1.165) is 19.4 Å². The fourth-order valence-corrected chi connectivity index (χ4v) is 3.35. The zero-order valence-electron chi connectivity index (χ0n) is 12.8. The zero-order valence-corrected chi connectivity index (χ0v) is 13.6. The Hall–Kier alpha value is -0.750. The summed E-state index contributed by atoms with van der Waals surface area (Å²) < 4.78 is 0. The topological polar surface area (TPSA) is 61.4 Å². The molecule has 0 bridgehead atoms. The average molecular weight is 301 g/mol. The Bertz CT molecular complexity index is 326. The molecule has 1 saturated heterocycles. The van der Waals surface area contributed by atoms with Crippen LogP contribution in [0.25, 0.3) is 0 Å². The number of unbranched alkanes of at least 4 members (excludes halogenated alkanes) is 1. The van der Waals surface area contributed by atoms with Crippen molar-refractivity contribution < 1.29 is 9.59 Å². The Labute approximate surface area is 126 Å². The molecular weight excluding hydrogens is 274 g/mol. The third-order valence-electron chi connectivity index (χ3n) is 3.38. The molecule has 2 atom stereocenters. The molecule has 20 heavy (non-hydrogen) atoms. The maximum Gasteiger partial charge on any atom is 0.243 e. The van der Waals surface area contributed by atoms with E-state index < -0.39 is 0 Å². The van der Waals surface area contributed by atoms with Crippen LogP contribution in [-0.2, 0) is 9.59 Å². The molecule has 1 heterocycles. The molecule has 0 aromatic carbocycles. The largest absolute Gasteiger partial charge is 0.353 e. The molecule has 1 aliphatic rings. The van der Waals surface area contributed by atoms with Crippen LogP contribution in [0.4, 0.5) is 0 Å². The molecule has 1 aliphatic heterocycles. The van der Waals surface area contributed by atoms with Crippen LogP contribution in [0.15, 0.2) is 0 Å². The van der Waals surface area contributed by atoms with Crippen molar-refractivity contribution in [2.24, 2.45) is 0 Å². The number of amides is 2. The summed E-state index contributed by atoms with van der Waals surface area (Å²) in [7, 11) is 0. The van der Waals surface area contributed by atoms with Gasteiger partial charge in [-0.05, 0) is 19.9 Å². The predicted octanol–water partition coefficient (Wildman–Crippen LogP) is 1.19. The Morgan fingerprint density at radius 1 is 1.40 bits per heavy atom. The Balaban J connectivity index is 2.43. The Morgan fingerprint density at radius 3 is 2.80 bits per heavy atom. The molecule has 5 nitrogen and oxygen atoms in total. The number of hydrogen-bond acceptors (Lipinski definition) is 4. The van der Waals surface area contributed by atoms with E-state index in [2.05, 4.69) is 17.6 Å². The van der Waals surface area contributed by atoms with Crippen LogP contribution in [-0.4, -0.2) is 53.5 Å². The summed E-state index contributed by atoms with van der Waals surface area (Å²) in [6.45, 7) is 7.64. The fraction of sp³-hybridized carbons (Fsp3) is 0.857. The molecule has 0 radical (unpaired) electrons. The number of carbonyl (C=O) groups excluding carboxylic acids is 2. The van der Waals surface area contributed by atoms with Gasteiger partial charge in [0, 0.05) is 24.8 Å². The molecule has 116 valence electrons. The smallest absolute Gasteiger partial charge is 0.243 e. The number of carbonyl (C=O) groups is 2. The Morgan fingerprint density at radius 2 is 2.15 bits per heavy atom. The van der Waals surface area contributed by atoms with Crippen molar-refractivity contribution in [3.63, 3.8) is 0 Å². The maximum atomic E-state index is 12.2. The second-order valence-corrected chi connectivity index (χ2v) is 6.19. The summed E-state index contributed by atoms with van der Waals surface area (Å²) in [4.78, 5) is 26.0. The van der Waals surface area contributed by atoms with E-state index in [-0.39, 0.29) is 23.9 Å². The van der Waals surface area contributed by atoms with Crippen LogP contribution < -0.4 is 10.6 Å². The van der Waals surface area contributed by atoms with E-state index in [1.807, 2.05) is 13.8 Å². The normalized spacial score (nSPS) is 19.9. The number of nitrogens with zero attached hydrogens (tertiary/aromatic N) is 1. The van der Waals surface area contributed by atoms with Crippen molar-refractivity contribution in [3.05, 3.63) is 0 Å². The van der Waals surface area contributed by atoms with Crippen LogP contribution in [0.2, 0.25) is 0 Å². The summed E-state index contributed by atoms with van der Waals surface area (Å²) >= 11 is 1.65. The molecule has 2 amide bonds. The van der Waals surface area contributed by atoms with E-state index in [1.54, 1.807) is 16.7 Å². The molecular formula is C14H27N3O2S. The third-order valence-corrected chi connectivity index (χ3v) is 4.40. The molecule has 6 heteroatoms. The van der Waals surface area contributed by atoms with Gasteiger partial charge in [0.1, 0.15) is 6.04 Å². The van der Waals surface area contributed by atoms with Crippen molar-refractivity contribution in [2.45, 2.75) is 52.1 Å². The molecule has 0 aromatic rings. The van der Waals surface area contributed by atoms with Gasteiger partial charge in [-0.3, -0.25) is 9.59 Å². The Kier molecular flexibility index (Phi) is 7.99. The van der Waals surface area contributed by atoms with Crippen molar-refractivity contribution in [3.8, 4) is 0 Å². The lowest BCUT2D eigenvalue weighted by atomic mass is 10.2. The number of hydrogen-bond donors (Lipinski definition) is 2. The molecule has 1 rings (SSSR count). The molecule has 1 fully saturated rings. The number of likely N-dealkylation sites (N-methyl/N-ethyl adjacent to an activating group) is 1. The van der Waals surface area contributed by atoms with Crippen LogP contribution in [0.1, 0.15) is 40.0 Å². The minimum atomic E-state index is -0.293. The fourth-order valence-electron chi connectivity index (χ4n) is 2.17. The van der Waals surface area contributed by atoms with Crippen LogP contribution >= 0.6 is 11.8 Å². The first kappa shape index (κ1) is 17.3. The van der Waals surface area contributed by atoms with E-state index in [1.165, 1.54) is 0 Å². The van der Waals surface area contributed by atoms with Crippen molar-refractivity contribution in [2.75, 3.05) is 24.7 Å². The number of rotatable bonds is 8. The second kappa shape index (κ2) is 9.23. The van der Waals surface area contributed by atoms with Gasteiger partial charge >= 0.3 is 0 Å². The number of nitrogens with one attached hydrogen (secondary N) is 2. The lowest BCUT2D eigenvalue weighted by Crippen LogP contribution is -2.49. The summed E-state index contributed by atoms with van der Waals surface area (Å²) in [6.07, 6.45) is 2.45. The summed E-state index contributed by atoms with van der Waals surface area (Å²) in [5.74, 6) is 1.43. The summed E-state index contributed by atoms with van der Waals surface area (Å²) in [5.41, 5.74) is 0. The predicted molar refractivity (Wildman–Crippen MR) is 83.6 cm³/mol. The molecule has 0 aliphatic carbocycles. The molecule has 0 spiro atoms. The zero-order chi connectivity index (χ0) is 15.0. The van der Waals surface area contributed by atoms with Gasteiger partial charge in [0.15, 0.2) is 0 Å². The van der Waals surface area contributed by atoms with Crippen LogP contribution in [0.5, 0.6) is 0 Å². The van der Waals surface area contributed by atoms with Gasteiger partial charge in [-0.2, -0.15) is 0 Å². The van der Waals surface area contributed by atoms with Gasteiger partial charge in [0.05, 0.1) is 5.88 Å². The van der Waals surface area contributed by atoms with Crippen LogP contribution in [0, 0.1) is 0 Å². The number of thioether (sulfide) groups is 1. The third kappa shape index (κ3) is 5.32. The first-order chi connectivity index (χ1) is 9.60. The van der Waals surface area contributed by atoms with Crippen molar-refractivity contribution in [1.29, 1.82) is 0 Å². The highest BCUT2D eigenvalue weighted by atomic mass is 32.2. The minimum absolute atomic E-state index is 0.0235. The maximum absolute atomic E-state index is 12.2. The van der Waals surface area contributed by atoms with E-state index in [4.69, 9.17) is 0 Å². The van der Waals surface area contributed by atoms with Crippen LogP contribution in [0.3, 0.4) is 0 Å². The summed E-state index contributed by atoms with van der Waals surface area (Å²) in [6, 6.07) is -0.0413. The SMILES string of the molecule is CCCCC(=O)N1CSCC1C(=O)NC[C@@H](C)NCC. The van der Waals surface area contributed by atoms with E-state index in [0.29, 0.717) is 24.6 Å². The van der Waals surface area contributed by atoms with Crippen molar-refractivity contribution in [1.82, 2.24) is 15.5 Å². The lowest BCUT2D eigenvalue weighted by Gasteiger charge is -2.24. The molecule has 0 aromatic heterocycles. The first-order valence-electron chi connectivity index (χ1n) is 7.48. The van der Waals surface area contributed by atoms with Crippen molar-refractivity contribution >= 4 is 23.6 Å². The summed E-state index contributed by atoms with van der Waals surface area (Å²) in [5, 5.41) is 6.19. The second-order valence-electron chi connectivity index (χ2n) is 5.19. The monoisotopic (exact) mass is 301 g/mol. The molecule has 1 unspecified atom stereocenters. The molecule has 2 N–H and O–H groups in total. The first-order valence-corrected chi connectivity index (χ1v) is 8.63. The average Bonchev–Trinajstić information content (AvgIpc) is 2.92. The molecule has 0 saturated carbocycles. The van der Waals surface area contributed by atoms with Gasteiger partial charge in [0.25, 0.3) is 0 Å². The highest BCUT2D eigenvalue weighted by Gasteiger charge is 2.34. The van der Waals surface area contributed by atoms with E-state index >= 15 is 0 Å². The highest BCUT2D eigenvalue weighted by Crippen LogP contribution is 2.22. The van der Waals surface area contributed by atoms with Gasteiger partial charge < -0.3 is 15.5 Å². The highest BCUT2D eigenvalue weighted by molar-refractivity contribution is 7.99. The standard InChI is InChI=1S/C14H27N3O2S/c1-4-6-7-13(18)17-10-20-9-12(17)14(19)16-8-11(3)15-5-2/h11-12,15H,4-10H2,1-3H3,(H,16,19)/t11-,12?/m1/s1. The van der Waals surface area contributed by atoms with Gasteiger partial charge in [-0.15, -0.1) is 11.8 Å². The lowest BCUT2D eigenvalue weighted by molar-refractivity contribution is -0.138. The minimum Gasteiger partial charge on any atom is -0.353 e. The quantitative estimate of drug-likeness (QED) is 0.707. The van der Waals surface area contributed by atoms with Gasteiger partial charge in [0.2, 0.25) is 11.8 Å². The van der Waals surface area contributed by atoms with Gasteiger partial charge in [-0.1, -0.05) is 20.3 Å².